The van der Waals surface area contributed by atoms with Crippen LogP contribution < -0.4 is 11.1 Å². The summed E-state index contributed by atoms with van der Waals surface area (Å²) in [5.41, 5.74) is 5.47. The highest BCUT2D eigenvalue weighted by molar-refractivity contribution is 8.07. The molecule has 6 heteroatoms. The van der Waals surface area contributed by atoms with E-state index in [9.17, 15) is 4.79 Å². The lowest BCUT2D eigenvalue weighted by atomic mass is 10.1. The van der Waals surface area contributed by atoms with Gasteiger partial charge in [-0.05, 0) is 13.8 Å². The highest BCUT2D eigenvalue weighted by Gasteiger charge is 2.23. The number of rotatable bonds is 3. The number of nitrogens with two attached hydrogens (primary N) is 1. The van der Waals surface area contributed by atoms with Crippen molar-refractivity contribution in [2.75, 3.05) is 23.8 Å². The minimum Gasteiger partial charge on any atom is -0.353 e. The smallest absolute Gasteiger partial charge is 0.234 e. The molecule has 1 fully saturated rings. The molecule has 1 rings (SSSR count). The Hall–Kier alpha value is 0.420. The summed E-state index contributed by atoms with van der Waals surface area (Å²) in [4.78, 5) is 11.6. The van der Waals surface area contributed by atoms with Crippen molar-refractivity contribution in [3.05, 3.63) is 0 Å². The number of nitrogens with one attached hydrogen (secondary N) is 1. The van der Waals surface area contributed by atoms with Crippen molar-refractivity contribution in [3.63, 3.8) is 0 Å². The average molecular weight is 271 g/mol. The van der Waals surface area contributed by atoms with Gasteiger partial charge in [0.1, 0.15) is 0 Å². The predicted octanol–water partition coefficient (Wildman–Crippen LogP) is 1.11. The van der Waals surface area contributed by atoms with E-state index in [1.165, 1.54) is 0 Å². The number of halogens is 1. The van der Waals surface area contributed by atoms with Crippen LogP contribution in [0.25, 0.3) is 0 Å². The van der Waals surface area contributed by atoms with Crippen molar-refractivity contribution in [3.8, 4) is 0 Å². The van der Waals surface area contributed by atoms with E-state index in [4.69, 9.17) is 5.73 Å². The third-order valence-corrected chi connectivity index (χ3v) is 4.58. The van der Waals surface area contributed by atoms with Gasteiger partial charge < -0.3 is 11.1 Å². The molecular weight excluding hydrogens is 252 g/mol. The Morgan fingerprint density at radius 1 is 1.53 bits per heavy atom. The van der Waals surface area contributed by atoms with Crippen LogP contribution in [0.5, 0.6) is 0 Å². The molecular formula is C9H19ClN2OS2. The van der Waals surface area contributed by atoms with Crippen LogP contribution in [0.2, 0.25) is 0 Å². The van der Waals surface area contributed by atoms with E-state index in [1.54, 1.807) is 11.8 Å². The molecule has 1 aliphatic rings. The number of hydrogen-bond acceptors (Lipinski definition) is 4. The normalized spacial score (nSPS) is 21.7. The largest absolute Gasteiger partial charge is 0.353 e. The van der Waals surface area contributed by atoms with E-state index >= 15 is 0 Å². The Morgan fingerprint density at radius 3 is 2.67 bits per heavy atom. The Morgan fingerprint density at radius 2 is 2.20 bits per heavy atom. The Balaban J connectivity index is 0.00000196. The zero-order valence-corrected chi connectivity index (χ0v) is 11.6. The lowest BCUT2D eigenvalue weighted by Crippen LogP contribution is -2.48. The second kappa shape index (κ2) is 6.89. The standard InChI is InChI=1S/C9H18N2OS2.ClH/c1-9(2,10)6-11-8(12)7-5-13-3-4-14-7;/h7H,3-6,10H2,1-2H3,(H,11,12);1H. The maximum absolute atomic E-state index is 11.6. The second-order valence-electron chi connectivity index (χ2n) is 4.14. The lowest BCUT2D eigenvalue weighted by molar-refractivity contribution is -0.120. The maximum atomic E-state index is 11.6. The van der Waals surface area contributed by atoms with Gasteiger partial charge in [-0.15, -0.1) is 24.2 Å². The summed E-state index contributed by atoms with van der Waals surface area (Å²) >= 11 is 3.60. The van der Waals surface area contributed by atoms with Gasteiger partial charge in [-0.3, -0.25) is 4.79 Å². The molecule has 0 spiro atoms. The molecule has 1 heterocycles. The molecule has 1 amide bonds. The highest BCUT2D eigenvalue weighted by atomic mass is 35.5. The van der Waals surface area contributed by atoms with Crippen LogP contribution in [-0.4, -0.2) is 40.5 Å². The van der Waals surface area contributed by atoms with E-state index in [-0.39, 0.29) is 29.1 Å². The molecule has 0 saturated carbocycles. The minimum absolute atomic E-state index is 0. The zero-order chi connectivity index (χ0) is 10.6. The third kappa shape index (κ3) is 6.56. The first-order valence-electron chi connectivity index (χ1n) is 4.75. The van der Waals surface area contributed by atoms with Crippen LogP contribution in [0, 0.1) is 0 Å². The first-order valence-corrected chi connectivity index (χ1v) is 6.95. The van der Waals surface area contributed by atoms with Gasteiger partial charge >= 0.3 is 0 Å². The molecule has 1 unspecified atom stereocenters. The lowest BCUT2D eigenvalue weighted by Gasteiger charge is -2.23. The first kappa shape index (κ1) is 15.4. The van der Waals surface area contributed by atoms with E-state index in [0.717, 1.165) is 17.3 Å². The number of amides is 1. The van der Waals surface area contributed by atoms with Crippen LogP contribution in [0.1, 0.15) is 13.8 Å². The zero-order valence-electron chi connectivity index (χ0n) is 9.12. The summed E-state index contributed by atoms with van der Waals surface area (Å²) in [7, 11) is 0. The van der Waals surface area contributed by atoms with Crippen LogP contribution >= 0.6 is 35.9 Å². The van der Waals surface area contributed by atoms with Crippen molar-refractivity contribution in [2.45, 2.75) is 24.6 Å². The maximum Gasteiger partial charge on any atom is 0.234 e. The quantitative estimate of drug-likeness (QED) is 0.807. The molecule has 0 aliphatic carbocycles. The summed E-state index contributed by atoms with van der Waals surface area (Å²) in [6.45, 7) is 4.37. The molecule has 1 saturated heterocycles. The van der Waals surface area contributed by atoms with Crippen molar-refractivity contribution in [2.24, 2.45) is 5.73 Å². The number of carbonyl (C=O) groups is 1. The molecule has 0 aromatic heterocycles. The fourth-order valence-corrected chi connectivity index (χ4v) is 3.65. The van der Waals surface area contributed by atoms with Gasteiger partial charge in [-0.2, -0.15) is 11.8 Å². The average Bonchev–Trinajstić information content (AvgIpc) is 2.14. The summed E-state index contributed by atoms with van der Waals surface area (Å²) < 4.78 is 0. The molecule has 90 valence electrons. The SMILES string of the molecule is CC(C)(N)CNC(=O)C1CSCCS1.Cl. The highest BCUT2D eigenvalue weighted by Crippen LogP contribution is 2.23. The Labute approximate surface area is 106 Å². The van der Waals surface area contributed by atoms with Gasteiger partial charge in [-0.1, -0.05) is 0 Å². The summed E-state index contributed by atoms with van der Waals surface area (Å²) in [5, 5.41) is 3.02. The topological polar surface area (TPSA) is 55.1 Å². The molecule has 1 aliphatic heterocycles. The fourth-order valence-electron chi connectivity index (χ4n) is 1.07. The van der Waals surface area contributed by atoms with Crippen molar-refractivity contribution >= 4 is 41.8 Å². The number of hydrogen-bond donors (Lipinski definition) is 2. The molecule has 15 heavy (non-hydrogen) atoms. The predicted molar refractivity (Wildman–Crippen MR) is 72.1 cm³/mol. The third-order valence-electron chi connectivity index (χ3n) is 1.83. The first-order chi connectivity index (χ1) is 6.49. The van der Waals surface area contributed by atoms with E-state index in [0.29, 0.717) is 6.54 Å². The van der Waals surface area contributed by atoms with Crippen LogP contribution in [-0.2, 0) is 4.79 Å². The van der Waals surface area contributed by atoms with Crippen molar-refractivity contribution in [1.29, 1.82) is 0 Å². The summed E-state index contributed by atoms with van der Waals surface area (Å²) in [6.07, 6.45) is 0. The van der Waals surface area contributed by atoms with Crippen LogP contribution in [0.4, 0.5) is 0 Å². The molecule has 0 aromatic carbocycles. The monoisotopic (exact) mass is 270 g/mol. The minimum atomic E-state index is -0.317. The van der Waals surface area contributed by atoms with Crippen LogP contribution in [0.15, 0.2) is 0 Å². The van der Waals surface area contributed by atoms with E-state index < -0.39 is 0 Å². The summed E-state index contributed by atoms with van der Waals surface area (Å²) in [5.74, 6) is 3.31. The van der Waals surface area contributed by atoms with Gasteiger partial charge in [0.25, 0.3) is 0 Å². The Bertz CT molecular complexity index is 203. The second-order valence-corrected chi connectivity index (χ2v) is 6.60. The number of thioether (sulfide) groups is 2. The molecule has 3 N–H and O–H groups in total. The van der Waals surface area contributed by atoms with Gasteiger partial charge in [0.05, 0.1) is 5.25 Å². The molecule has 0 bridgehead atoms. The summed E-state index contributed by atoms with van der Waals surface area (Å²) in [6, 6.07) is 0. The van der Waals surface area contributed by atoms with Crippen molar-refractivity contribution < 1.29 is 4.79 Å². The molecule has 1 atom stereocenters. The fraction of sp³-hybridized carbons (Fsp3) is 0.889. The van der Waals surface area contributed by atoms with Crippen LogP contribution in [0.3, 0.4) is 0 Å². The van der Waals surface area contributed by atoms with Gasteiger partial charge in [-0.25, -0.2) is 0 Å². The van der Waals surface area contributed by atoms with Crippen molar-refractivity contribution in [1.82, 2.24) is 5.32 Å². The molecule has 0 aromatic rings. The number of carbonyl (C=O) groups excluding carboxylic acids is 1. The van der Waals surface area contributed by atoms with Gasteiger partial charge in [0.15, 0.2) is 0 Å². The van der Waals surface area contributed by atoms with E-state index in [1.807, 2.05) is 25.6 Å². The van der Waals surface area contributed by atoms with Gasteiger partial charge in [0.2, 0.25) is 5.91 Å². The molecule has 0 radical (unpaired) electrons. The molecule has 3 nitrogen and oxygen atoms in total. The van der Waals surface area contributed by atoms with E-state index in [2.05, 4.69) is 5.32 Å². The Kier molecular flexibility index (Phi) is 7.08. The van der Waals surface area contributed by atoms with Gasteiger partial charge in [0, 0.05) is 29.3 Å².